The van der Waals surface area contributed by atoms with E-state index in [2.05, 4.69) is 15.5 Å². The Morgan fingerprint density at radius 2 is 2.00 bits per heavy atom. The fourth-order valence-electron chi connectivity index (χ4n) is 2.21. The van der Waals surface area contributed by atoms with E-state index >= 15 is 0 Å². The van der Waals surface area contributed by atoms with Crippen LogP contribution in [0.2, 0.25) is 5.02 Å². The summed E-state index contributed by atoms with van der Waals surface area (Å²) in [5.41, 5.74) is 4.22. The number of hydrogen-bond acceptors (Lipinski definition) is 2. The van der Waals surface area contributed by atoms with Gasteiger partial charge in [-0.05, 0) is 44.4 Å². The van der Waals surface area contributed by atoms with Gasteiger partial charge in [-0.2, -0.15) is 5.10 Å². The molecule has 0 aliphatic carbocycles. The number of amides is 1. The van der Waals surface area contributed by atoms with Crippen LogP contribution in [-0.2, 0) is 17.8 Å². The van der Waals surface area contributed by atoms with Crippen LogP contribution >= 0.6 is 11.6 Å². The summed E-state index contributed by atoms with van der Waals surface area (Å²) < 4.78 is 0. The number of H-pyrrole nitrogens is 1. The fraction of sp³-hybridized carbons (Fsp3) is 0.375. The average molecular weight is 306 g/mol. The number of benzene rings is 1. The summed E-state index contributed by atoms with van der Waals surface area (Å²) in [5.74, 6) is 0.0731. The predicted octanol–water partition coefficient (Wildman–Crippen LogP) is 3.32. The van der Waals surface area contributed by atoms with Crippen LogP contribution in [0, 0.1) is 13.8 Å². The van der Waals surface area contributed by atoms with Crippen molar-refractivity contribution in [2.45, 2.75) is 39.7 Å². The first kappa shape index (κ1) is 15.6. The van der Waals surface area contributed by atoms with Gasteiger partial charge in [0, 0.05) is 29.2 Å². The van der Waals surface area contributed by atoms with Gasteiger partial charge in [-0.3, -0.25) is 9.89 Å². The molecule has 1 heterocycles. The number of carbonyl (C=O) groups is 1. The fourth-order valence-corrected chi connectivity index (χ4v) is 2.34. The van der Waals surface area contributed by atoms with Crippen LogP contribution in [0.3, 0.4) is 0 Å². The first-order valence-corrected chi connectivity index (χ1v) is 7.45. The van der Waals surface area contributed by atoms with E-state index in [0.717, 1.165) is 34.8 Å². The minimum absolute atomic E-state index is 0.0731. The van der Waals surface area contributed by atoms with Crippen molar-refractivity contribution in [2.75, 3.05) is 0 Å². The predicted molar refractivity (Wildman–Crippen MR) is 84.3 cm³/mol. The van der Waals surface area contributed by atoms with E-state index in [4.69, 9.17) is 11.6 Å². The minimum Gasteiger partial charge on any atom is -0.352 e. The van der Waals surface area contributed by atoms with Crippen molar-refractivity contribution < 1.29 is 4.79 Å². The van der Waals surface area contributed by atoms with E-state index in [-0.39, 0.29) is 5.91 Å². The number of hydrogen-bond donors (Lipinski definition) is 2. The van der Waals surface area contributed by atoms with Gasteiger partial charge in [0.1, 0.15) is 0 Å². The van der Waals surface area contributed by atoms with Crippen molar-refractivity contribution in [1.29, 1.82) is 0 Å². The molecule has 21 heavy (non-hydrogen) atoms. The lowest BCUT2D eigenvalue weighted by Gasteiger charge is -2.06. The maximum atomic E-state index is 11.8. The van der Waals surface area contributed by atoms with Crippen LogP contribution in [-0.4, -0.2) is 16.1 Å². The quantitative estimate of drug-likeness (QED) is 0.860. The summed E-state index contributed by atoms with van der Waals surface area (Å²) in [7, 11) is 0. The van der Waals surface area contributed by atoms with E-state index in [1.54, 1.807) is 0 Å². The lowest BCUT2D eigenvalue weighted by atomic mass is 10.1. The van der Waals surface area contributed by atoms with Crippen LogP contribution in [0.25, 0.3) is 0 Å². The van der Waals surface area contributed by atoms with E-state index in [9.17, 15) is 4.79 Å². The van der Waals surface area contributed by atoms with Gasteiger partial charge in [-0.15, -0.1) is 0 Å². The molecule has 2 rings (SSSR count). The topological polar surface area (TPSA) is 57.8 Å². The van der Waals surface area contributed by atoms with E-state index in [1.807, 2.05) is 38.1 Å². The number of nitrogens with one attached hydrogen (secondary N) is 2. The van der Waals surface area contributed by atoms with Crippen molar-refractivity contribution in [3.63, 3.8) is 0 Å². The third kappa shape index (κ3) is 4.60. The Kier molecular flexibility index (Phi) is 5.39. The summed E-state index contributed by atoms with van der Waals surface area (Å²) in [5, 5.41) is 10.7. The summed E-state index contributed by atoms with van der Waals surface area (Å²) in [6.45, 7) is 4.43. The lowest BCUT2D eigenvalue weighted by molar-refractivity contribution is -0.121. The standard InChI is InChI=1S/C16H20ClN3O/c1-11-15(12(2)20-19-11)10-18-16(21)5-3-4-13-6-8-14(17)9-7-13/h6-9H,3-5,10H2,1-2H3,(H,18,21)(H,19,20). The van der Waals surface area contributed by atoms with Crippen molar-refractivity contribution in [2.24, 2.45) is 0 Å². The van der Waals surface area contributed by atoms with Gasteiger partial charge in [0.2, 0.25) is 5.91 Å². The van der Waals surface area contributed by atoms with Crippen molar-refractivity contribution >= 4 is 17.5 Å². The molecule has 0 spiro atoms. The zero-order valence-electron chi connectivity index (χ0n) is 12.4. The van der Waals surface area contributed by atoms with Gasteiger partial charge >= 0.3 is 0 Å². The molecule has 1 aromatic heterocycles. The zero-order chi connectivity index (χ0) is 15.2. The Morgan fingerprint density at radius 3 is 2.62 bits per heavy atom. The number of rotatable bonds is 6. The van der Waals surface area contributed by atoms with Gasteiger partial charge in [-0.1, -0.05) is 23.7 Å². The molecule has 0 aliphatic heterocycles. The highest BCUT2D eigenvalue weighted by molar-refractivity contribution is 6.30. The molecule has 0 unspecified atom stereocenters. The molecule has 0 fully saturated rings. The lowest BCUT2D eigenvalue weighted by Crippen LogP contribution is -2.23. The summed E-state index contributed by atoms with van der Waals surface area (Å²) in [6, 6.07) is 7.75. The summed E-state index contributed by atoms with van der Waals surface area (Å²) in [6.07, 6.45) is 2.24. The number of carbonyl (C=O) groups excluding carboxylic acids is 1. The molecule has 1 amide bonds. The average Bonchev–Trinajstić information content (AvgIpc) is 2.78. The third-order valence-electron chi connectivity index (χ3n) is 3.53. The maximum absolute atomic E-state index is 11.8. The van der Waals surface area contributed by atoms with Gasteiger partial charge in [-0.25, -0.2) is 0 Å². The van der Waals surface area contributed by atoms with Crippen molar-refractivity contribution in [3.05, 3.63) is 51.8 Å². The molecule has 0 aliphatic rings. The second kappa shape index (κ2) is 7.27. The third-order valence-corrected chi connectivity index (χ3v) is 3.78. The largest absolute Gasteiger partial charge is 0.352 e. The molecule has 2 aromatic rings. The monoisotopic (exact) mass is 305 g/mol. The van der Waals surface area contributed by atoms with Crippen molar-refractivity contribution in [1.82, 2.24) is 15.5 Å². The molecule has 0 radical (unpaired) electrons. The molecule has 112 valence electrons. The molecule has 1 aromatic carbocycles. The van der Waals surface area contributed by atoms with E-state index in [0.29, 0.717) is 13.0 Å². The first-order chi connectivity index (χ1) is 10.1. The van der Waals surface area contributed by atoms with E-state index < -0.39 is 0 Å². The number of aromatic amines is 1. The molecule has 0 atom stereocenters. The Bertz CT molecular complexity index is 585. The second-order valence-electron chi connectivity index (χ2n) is 5.17. The van der Waals surface area contributed by atoms with Crippen LogP contribution in [0.1, 0.15) is 35.4 Å². The Labute approximate surface area is 129 Å². The molecule has 4 nitrogen and oxygen atoms in total. The van der Waals surface area contributed by atoms with E-state index in [1.165, 1.54) is 5.56 Å². The van der Waals surface area contributed by atoms with Gasteiger partial charge in [0.25, 0.3) is 0 Å². The molecule has 0 saturated carbocycles. The highest BCUT2D eigenvalue weighted by Crippen LogP contribution is 2.12. The highest BCUT2D eigenvalue weighted by atomic mass is 35.5. The van der Waals surface area contributed by atoms with Crippen LogP contribution < -0.4 is 5.32 Å². The van der Waals surface area contributed by atoms with Crippen LogP contribution in [0.4, 0.5) is 0 Å². The van der Waals surface area contributed by atoms with Crippen LogP contribution in [0.15, 0.2) is 24.3 Å². The SMILES string of the molecule is Cc1n[nH]c(C)c1CNC(=O)CCCc1ccc(Cl)cc1. The second-order valence-corrected chi connectivity index (χ2v) is 5.61. The number of aryl methyl sites for hydroxylation is 3. The summed E-state index contributed by atoms with van der Waals surface area (Å²) >= 11 is 5.84. The van der Waals surface area contributed by atoms with Crippen molar-refractivity contribution in [3.8, 4) is 0 Å². The van der Waals surface area contributed by atoms with Gasteiger partial charge < -0.3 is 5.32 Å². The maximum Gasteiger partial charge on any atom is 0.220 e. The molecule has 0 saturated heterocycles. The molecular formula is C16H20ClN3O. The Hall–Kier alpha value is -1.81. The highest BCUT2D eigenvalue weighted by Gasteiger charge is 2.08. The Morgan fingerprint density at radius 1 is 1.29 bits per heavy atom. The Balaban J connectivity index is 1.71. The number of aromatic nitrogens is 2. The minimum atomic E-state index is 0.0731. The van der Waals surface area contributed by atoms with Gasteiger partial charge in [0.05, 0.1) is 5.69 Å². The molecule has 2 N–H and O–H groups in total. The first-order valence-electron chi connectivity index (χ1n) is 7.08. The molecular weight excluding hydrogens is 286 g/mol. The van der Waals surface area contributed by atoms with Crippen LogP contribution in [0.5, 0.6) is 0 Å². The number of halogens is 1. The molecule has 0 bridgehead atoms. The molecule has 5 heteroatoms. The zero-order valence-corrected chi connectivity index (χ0v) is 13.1. The summed E-state index contributed by atoms with van der Waals surface area (Å²) in [4.78, 5) is 11.8. The van der Waals surface area contributed by atoms with Gasteiger partial charge in [0.15, 0.2) is 0 Å². The normalized spacial score (nSPS) is 10.6. The number of nitrogens with zero attached hydrogens (tertiary/aromatic N) is 1. The smallest absolute Gasteiger partial charge is 0.220 e.